The van der Waals surface area contributed by atoms with Gasteiger partial charge in [-0.2, -0.15) is 13.4 Å². The average molecular weight is 421 g/mol. The average Bonchev–Trinajstić information content (AvgIpc) is 3.24. The summed E-state index contributed by atoms with van der Waals surface area (Å²) in [5.74, 6) is 1.13. The zero-order valence-electron chi connectivity index (χ0n) is 16.1. The Bertz CT molecular complexity index is 1220. The summed E-state index contributed by atoms with van der Waals surface area (Å²) >= 11 is 0. The van der Waals surface area contributed by atoms with Crippen LogP contribution in [0.25, 0.3) is 11.4 Å². The van der Waals surface area contributed by atoms with Gasteiger partial charge in [0.1, 0.15) is 5.75 Å². The van der Waals surface area contributed by atoms with Crippen molar-refractivity contribution >= 4 is 16.0 Å². The van der Waals surface area contributed by atoms with Crippen molar-refractivity contribution in [2.24, 2.45) is 0 Å². The molecule has 8 nitrogen and oxygen atoms in total. The van der Waals surface area contributed by atoms with Gasteiger partial charge in [-0.05, 0) is 42.0 Å². The number of rotatable bonds is 7. The lowest BCUT2D eigenvalue weighted by molar-refractivity contribution is 0.414. The van der Waals surface area contributed by atoms with Crippen molar-refractivity contribution in [3.05, 3.63) is 84.7 Å². The van der Waals surface area contributed by atoms with E-state index in [4.69, 9.17) is 4.74 Å². The maximum Gasteiger partial charge on any atom is 0.286 e. The smallest absolute Gasteiger partial charge is 0.286 e. The molecule has 0 saturated carbocycles. The second-order valence-electron chi connectivity index (χ2n) is 6.36. The van der Waals surface area contributed by atoms with Gasteiger partial charge in [-0.3, -0.25) is 4.98 Å². The van der Waals surface area contributed by atoms with Crippen molar-refractivity contribution in [1.29, 1.82) is 0 Å². The molecule has 152 valence electrons. The quantitative estimate of drug-likeness (QED) is 0.489. The van der Waals surface area contributed by atoms with Crippen LogP contribution >= 0.6 is 0 Å². The third kappa shape index (κ3) is 4.01. The molecule has 0 fully saturated rings. The Morgan fingerprint density at radius 1 is 1.00 bits per heavy atom. The van der Waals surface area contributed by atoms with Crippen LogP contribution in [-0.2, 0) is 16.6 Å². The molecule has 0 amide bonds. The molecule has 0 bridgehead atoms. The summed E-state index contributed by atoms with van der Waals surface area (Å²) in [4.78, 5) is 8.60. The van der Waals surface area contributed by atoms with Crippen LogP contribution in [0.5, 0.6) is 5.75 Å². The van der Waals surface area contributed by atoms with E-state index < -0.39 is 10.0 Å². The Morgan fingerprint density at radius 3 is 2.43 bits per heavy atom. The summed E-state index contributed by atoms with van der Waals surface area (Å²) in [5.41, 5.74) is 1.55. The maximum atomic E-state index is 13.2. The molecule has 2 aromatic carbocycles. The summed E-state index contributed by atoms with van der Waals surface area (Å²) in [6.45, 7) is 0.361. The van der Waals surface area contributed by atoms with Gasteiger partial charge in [-0.25, -0.2) is 0 Å². The molecule has 0 aliphatic carbocycles. The van der Waals surface area contributed by atoms with Crippen LogP contribution in [0.15, 0.2) is 84.0 Å². The Morgan fingerprint density at radius 2 is 1.77 bits per heavy atom. The molecule has 1 N–H and O–H groups in total. The van der Waals surface area contributed by atoms with Gasteiger partial charge in [0.2, 0.25) is 5.95 Å². The van der Waals surface area contributed by atoms with E-state index in [2.05, 4.69) is 20.4 Å². The van der Waals surface area contributed by atoms with Gasteiger partial charge in [0.05, 0.1) is 12.0 Å². The van der Waals surface area contributed by atoms with Gasteiger partial charge in [0, 0.05) is 24.5 Å². The Kier molecular flexibility index (Phi) is 5.44. The second-order valence-corrected chi connectivity index (χ2v) is 8.13. The number of ether oxygens (including phenoxy) is 1. The van der Waals surface area contributed by atoms with Crippen LogP contribution in [0.1, 0.15) is 5.56 Å². The minimum atomic E-state index is -3.93. The third-order valence-corrected chi connectivity index (χ3v) is 5.95. The molecule has 0 unspecified atom stereocenters. The summed E-state index contributed by atoms with van der Waals surface area (Å²) in [5, 5.41) is 7.35. The van der Waals surface area contributed by atoms with E-state index in [1.807, 2.05) is 24.3 Å². The molecular weight excluding hydrogens is 402 g/mol. The molecule has 4 rings (SSSR count). The number of nitrogens with one attached hydrogen (secondary N) is 1. The monoisotopic (exact) mass is 421 g/mol. The lowest BCUT2D eigenvalue weighted by atomic mass is 10.2. The molecular formula is C21H19N5O3S. The van der Waals surface area contributed by atoms with Crippen molar-refractivity contribution in [3.8, 4) is 17.1 Å². The molecule has 0 aliphatic heterocycles. The zero-order chi connectivity index (χ0) is 21.0. The number of pyridine rings is 1. The highest BCUT2D eigenvalue weighted by atomic mass is 32.2. The van der Waals surface area contributed by atoms with Crippen LogP contribution in [0, 0.1) is 0 Å². The zero-order valence-corrected chi connectivity index (χ0v) is 17.0. The predicted octanol–water partition coefficient (Wildman–Crippen LogP) is 3.20. The number of hydrogen-bond donors (Lipinski definition) is 1. The van der Waals surface area contributed by atoms with Crippen molar-refractivity contribution in [3.63, 3.8) is 0 Å². The fraction of sp³-hybridized carbons (Fsp3) is 0.0952. The number of methoxy groups -OCH3 is 1. The SMILES string of the molecule is COc1ccc(CNc2nc(-c3cccnc3)nn2S(=O)(=O)c2ccccc2)cc1. The second kappa shape index (κ2) is 8.34. The molecule has 4 aromatic rings. The van der Waals surface area contributed by atoms with Crippen molar-refractivity contribution < 1.29 is 13.2 Å². The van der Waals surface area contributed by atoms with Gasteiger partial charge in [0.25, 0.3) is 10.0 Å². The first-order valence-electron chi connectivity index (χ1n) is 9.13. The van der Waals surface area contributed by atoms with E-state index >= 15 is 0 Å². The molecule has 30 heavy (non-hydrogen) atoms. The topological polar surface area (TPSA) is 99.0 Å². The molecule has 0 spiro atoms. The van der Waals surface area contributed by atoms with Gasteiger partial charge in [-0.15, -0.1) is 9.19 Å². The van der Waals surface area contributed by atoms with Gasteiger partial charge in [-0.1, -0.05) is 30.3 Å². The van der Waals surface area contributed by atoms with E-state index in [0.717, 1.165) is 15.4 Å². The number of aromatic nitrogens is 4. The minimum Gasteiger partial charge on any atom is -0.497 e. The molecule has 2 heterocycles. The van der Waals surface area contributed by atoms with Crippen molar-refractivity contribution in [2.45, 2.75) is 11.4 Å². The Hall–Kier alpha value is -3.72. The van der Waals surface area contributed by atoms with Crippen LogP contribution in [0.3, 0.4) is 0 Å². The van der Waals surface area contributed by atoms with Crippen LogP contribution < -0.4 is 10.1 Å². The fourth-order valence-corrected chi connectivity index (χ4v) is 4.03. The van der Waals surface area contributed by atoms with Crippen molar-refractivity contribution in [2.75, 3.05) is 12.4 Å². The van der Waals surface area contributed by atoms with E-state index in [0.29, 0.717) is 12.1 Å². The molecule has 9 heteroatoms. The minimum absolute atomic E-state index is 0.119. The first kappa shape index (κ1) is 19.6. The number of benzene rings is 2. The van der Waals surface area contributed by atoms with Crippen LogP contribution in [0.2, 0.25) is 0 Å². The van der Waals surface area contributed by atoms with E-state index in [1.165, 1.54) is 12.1 Å². The Balaban J connectivity index is 1.71. The third-order valence-electron chi connectivity index (χ3n) is 4.38. The number of nitrogens with zero attached hydrogens (tertiary/aromatic N) is 4. The molecule has 2 aromatic heterocycles. The lowest BCUT2D eigenvalue weighted by Crippen LogP contribution is -2.18. The molecule has 0 aliphatic rings. The summed E-state index contributed by atoms with van der Waals surface area (Å²) in [7, 11) is -2.33. The summed E-state index contributed by atoms with van der Waals surface area (Å²) in [6, 6.07) is 19.1. The van der Waals surface area contributed by atoms with Gasteiger partial charge >= 0.3 is 0 Å². The standard InChI is InChI=1S/C21H19N5O3S/c1-29-18-11-9-16(10-12-18)14-23-21-24-20(17-6-5-13-22-15-17)25-26(21)30(27,28)19-7-3-2-4-8-19/h2-13,15H,14H2,1H3,(H,23,24,25). The lowest BCUT2D eigenvalue weighted by Gasteiger charge is -2.09. The normalized spacial score (nSPS) is 11.2. The van der Waals surface area contributed by atoms with E-state index in [1.54, 1.807) is 49.8 Å². The summed E-state index contributed by atoms with van der Waals surface area (Å²) < 4.78 is 32.5. The maximum absolute atomic E-state index is 13.2. The Labute approximate surface area is 174 Å². The van der Waals surface area contributed by atoms with Crippen molar-refractivity contribution in [1.82, 2.24) is 19.2 Å². The summed E-state index contributed by atoms with van der Waals surface area (Å²) in [6.07, 6.45) is 3.21. The first-order valence-corrected chi connectivity index (χ1v) is 10.6. The molecule has 0 atom stereocenters. The van der Waals surface area contributed by atoms with Gasteiger partial charge < -0.3 is 10.1 Å². The largest absolute Gasteiger partial charge is 0.497 e. The van der Waals surface area contributed by atoms with Crippen LogP contribution in [-0.4, -0.2) is 34.7 Å². The molecule has 0 radical (unpaired) electrons. The highest BCUT2D eigenvalue weighted by Crippen LogP contribution is 2.22. The highest BCUT2D eigenvalue weighted by molar-refractivity contribution is 7.90. The molecule has 0 saturated heterocycles. The van der Waals surface area contributed by atoms with E-state index in [-0.39, 0.29) is 16.7 Å². The van der Waals surface area contributed by atoms with Gasteiger partial charge in [0.15, 0.2) is 5.82 Å². The number of anilines is 1. The first-order chi connectivity index (χ1) is 14.6. The fourth-order valence-electron chi connectivity index (χ4n) is 2.81. The predicted molar refractivity (Wildman–Crippen MR) is 113 cm³/mol. The van der Waals surface area contributed by atoms with E-state index in [9.17, 15) is 8.42 Å². The highest BCUT2D eigenvalue weighted by Gasteiger charge is 2.24. The number of hydrogen-bond acceptors (Lipinski definition) is 7. The van der Waals surface area contributed by atoms with Crippen LogP contribution in [0.4, 0.5) is 5.95 Å².